The fourth-order valence-corrected chi connectivity index (χ4v) is 4.71. The molecule has 3 aromatic rings. The van der Waals surface area contributed by atoms with Gasteiger partial charge < -0.3 is 15.3 Å². The molecule has 0 aliphatic carbocycles. The number of aliphatic imine (C=N–C) groups is 1. The molecule has 41 heavy (non-hydrogen) atoms. The maximum absolute atomic E-state index is 8.00. The second-order valence-corrected chi connectivity index (χ2v) is 8.68. The highest BCUT2D eigenvalue weighted by Gasteiger charge is 2.20. The van der Waals surface area contributed by atoms with Crippen LogP contribution in [-0.2, 0) is 29.0 Å². The molecule has 0 atom stereocenters. The van der Waals surface area contributed by atoms with Gasteiger partial charge in [0.1, 0.15) is 6.79 Å². The Balaban J connectivity index is 0.00000184. The van der Waals surface area contributed by atoms with Crippen LogP contribution in [0, 0.1) is 0 Å². The Labute approximate surface area is 248 Å². The van der Waals surface area contributed by atoms with Crippen molar-refractivity contribution in [2.45, 2.75) is 92.6 Å². The van der Waals surface area contributed by atoms with E-state index in [1.54, 1.807) is 0 Å². The van der Waals surface area contributed by atoms with Gasteiger partial charge >= 0.3 is 0 Å². The lowest BCUT2D eigenvalue weighted by atomic mass is 9.92. The number of ether oxygens (including phenoxy) is 1. The van der Waals surface area contributed by atoms with Crippen LogP contribution in [0.5, 0.6) is 0 Å². The third kappa shape index (κ3) is 11.2. The largest absolute Gasteiger partial charge is 0.362 e. The van der Waals surface area contributed by atoms with Crippen LogP contribution in [-0.4, -0.2) is 40.9 Å². The molecule has 0 fully saturated rings. The highest BCUT2D eigenvalue weighted by molar-refractivity contribution is 6.12. The monoisotopic (exact) mass is 563 g/mol. The van der Waals surface area contributed by atoms with Crippen LogP contribution in [0.1, 0.15) is 101 Å². The standard InChI is InChI=1S/C27H35N5O.2C2H6.C2H4.CH2O/c1-3-7-22(8-4-2)26-24(18-33-19-28)17-32-27(31-26)25(16-30-32)23-12-11-20-9-5-6-10-21(20)13-14-29-15-23;4*1-2/h5-6,9-10,12,15-17,22H,3-4,7-8,11,13-14,18-19,28H2,1-2H3;2*1-2H3;1-2H2;1H2. The number of allylic oxidation sites excluding steroid dienone is 2. The Morgan fingerprint density at radius 3 is 2.27 bits per heavy atom. The van der Waals surface area contributed by atoms with Crippen molar-refractivity contribution in [1.82, 2.24) is 14.6 Å². The van der Waals surface area contributed by atoms with E-state index in [-0.39, 0.29) is 6.73 Å². The van der Waals surface area contributed by atoms with Crippen LogP contribution in [0.15, 0.2) is 60.9 Å². The van der Waals surface area contributed by atoms with Crippen molar-refractivity contribution in [3.63, 3.8) is 0 Å². The summed E-state index contributed by atoms with van der Waals surface area (Å²) < 4.78 is 7.45. The molecule has 0 spiro atoms. The minimum Gasteiger partial charge on any atom is -0.362 e. The average molecular weight is 564 g/mol. The summed E-state index contributed by atoms with van der Waals surface area (Å²) in [4.78, 5) is 17.9. The van der Waals surface area contributed by atoms with E-state index in [1.807, 2.05) is 51.4 Å². The molecule has 0 bridgehead atoms. The highest BCUT2D eigenvalue weighted by Crippen LogP contribution is 2.30. The quantitative estimate of drug-likeness (QED) is 0.212. The molecule has 0 unspecified atom stereocenters. The normalized spacial score (nSPS) is 11.9. The van der Waals surface area contributed by atoms with Gasteiger partial charge in [0.2, 0.25) is 0 Å². The molecule has 4 rings (SSSR count). The second-order valence-electron chi connectivity index (χ2n) is 8.68. The summed E-state index contributed by atoms with van der Waals surface area (Å²) >= 11 is 0. The zero-order chi connectivity index (χ0) is 31.0. The summed E-state index contributed by atoms with van der Waals surface area (Å²) in [7, 11) is 0. The number of benzene rings is 1. The molecule has 0 saturated carbocycles. The third-order valence-corrected chi connectivity index (χ3v) is 6.35. The van der Waals surface area contributed by atoms with Crippen molar-refractivity contribution in [1.29, 1.82) is 0 Å². The van der Waals surface area contributed by atoms with Gasteiger partial charge in [-0.2, -0.15) is 5.10 Å². The van der Waals surface area contributed by atoms with Crippen LogP contribution in [0.2, 0.25) is 0 Å². The Kier molecular flexibility index (Phi) is 21.4. The summed E-state index contributed by atoms with van der Waals surface area (Å²) in [5.74, 6) is 0.402. The number of aromatic nitrogens is 3. The fraction of sp³-hybridized carbons (Fsp3) is 0.471. The number of fused-ring (bicyclic) bond motifs is 2. The van der Waals surface area contributed by atoms with Crippen LogP contribution in [0.4, 0.5) is 0 Å². The first-order valence-electron chi connectivity index (χ1n) is 15.0. The fourth-order valence-electron chi connectivity index (χ4n) is 4.71. The Hall–Kier alpha value is -3.42. The number of carbonyl (C=O) groups is 1. The van der Waals surface area contributed by atoms with Crippen molar-refractivity contribution in [3.05, 3.63) is 83.8 Å². The molecule has 226 valence electrons. The van der Waals surface area contributed by atoms with Gasteiger partial charge in [-0.1, -0.05) is 84.7 Å². The number of hydrogen-bond donors (Lipinski definition) is 1. The molecule has 1 aliphatic heterocycles. The Morgan fingerprint density at radius 1 is 1.02 bits per heavy atom. The molecule has 2 N–H and O–H groups in total. The van der Waals surface area contributed by atoms with Crippen molar-refractivity contribution in [2.24, 2.45) is 10.7 Å². The van der Waals surface area contributed by atoms with E-state index in [4.69, 9.17) is 25.2 Å². The van der Waals surface area contributed by atoms with Gasteiger partial charge in [0.05, 0.1) is 25.2 Å². The van der Waals surface area contributed by atoms with Gasteiger partial charge in [-0.25, -0.2) is 9.50 Å². The zero-order valence-electron chi connectivity index (χ0n) is 26.4. The molecule has 3 heterocycles. The number of rotatable bonds is 9. The zero-order valence-corrected chi connectivity index (χ0v) is 26.4. The van der Waals surface area contributed by atoms with Crippen LogP contribution in [0.3, 0.4) is 0 Å². The second kappa shape index (κ2) is 23.3. The minimum atomic E-state index is 0.193. The maximum atomic E-state index is 8.00. The molecule has 0 radical (unpaired) electrons. The summed E-state index contributed by atoms with van der Waals surface area (Å²) in [5.41, 5.74) is 13.5. The van der Waals surface area contributed by atoms with Crippen molar-refractivity contribution < 1.29 is 9.53 Å². The van der Waals surface area contributed by atoms with E-state index < -0.39 is 0 Å². The molecule has 7 nitrogen and oxygen atoms in total. The summed E-state index contributed by atoms with van der Waals surface area (Å²) in [6, 6.07) is 8.64. The number of hydrogen-bond acceptors (Lipinski definition) is 6. The first kappa shape index (κ1) is 37.6. The molecular formula is C34H53N5O2. The van der Waals surface area contributed by atoms with Crippen LogP contribution in [0.25, 0.3) is 11.2 Å². The van der Waals surface area contributed by atoms with Crippen molar-refractivity contribution in [3.8, 4) is 0 Å². The Bertz CT molecular complexity index is 1160. The SMILES string of the molecule is C=C.C=O.CC.CC.CCCC(CCC)c1nc2c(C3=CCc4ccccc4CCN=C3)cnn2cc1COCN. The molecule has 1 aliphatic rings. The number of nitrogens with zero attached hydrogens (tertiary/aromatic N) is 4. The maximum Gasteiger partial charge on any atom is 0.163 e. The highest BCUT2D eigenvalue weighted by atomic mass is 16.5. The van der Waals surface area contributed by atoms with Gasteiger partial charge in [-0.15, -0.1) is 13.2 Å². The molecule has 1 aromatic carbocycles. The van der Waals surface area contributed by atoms with Crippen molar-refractivity contribution in [2.75, 3.05) is 13.3 Å². The summed E-state index contributed by atoms with van der Waals surface area (Å²) in [6.45, 7) is 21.9. The van der Waals surface area contributed by atoms with E-state index >= 15 is 0 Å². The third-order valence-electron chi connectivity index (χ3n) is 6.35. The molecule has 7 heteroatoms. The van der Waals surface area contributed by atoms with Gasteiger partial charge in [0.25, 0.3) is 0 Å². The molecule has 2 aromatic heterocycles. The molecule has 0 amide bonds. The summed E-state index contributed by atoms with van der Waals surface area (Å²) in [5, 5.41) is 4.64. The van der Waals surface area contributed by atoms with Crippen LogP contribution < -0.4 is 5.73 Å². The van der Waals surface area contributed by atoms with Crippen molar-refractivity contribution >= 4 is 24.2 Å². The lowest BCUT2D eigenvalue weighted by Crippen LogP contribution is -2.12. The molecule has 0 saturated heterocycles. The average Bonchev–Trinajstić information content (AvgIpc) is 3.49. The van der Waals surface area contributed by atoms with E-state index in [9.17, 15) is 0 Å². The number of carbonyl (C=O) groups excluding carboxylic acids is 1. The number of nitrogens with two attached hydrogens (primary N) is 1. The van der Waals surface area contributed by atoms with E-state index in [0.29, 0.717) is 12.5 Å². The van der Waals surface area contributed by atoms with Gasteiger partial charge in [-0.05, 0) is 36.8 Å². The first-order chi connectivity index (χ1) is 20.2. The van der Waals surface area contributed by atoms with Gasteiger partial charge in [0.15, 0.2) is 5.65 Å². The predicted molar refractivity (Wildman–Crippen MR) is 176 cm³/mol. The minimum absolute atomic E-state index is 0.193. The predicted octanol–water partition coefficient (Wildman–Crippen LogP) is 7.77. The van der Waals surface area contributed by atoms with E-state index in [0.717, 1.165) is 73.1 Å². The van der Waals surface area contributed by atoms with Gasteiger partial charge in [-0.3, -0.25) is 4.99 Å². The topological polar surface area (TPSA) is 94.9 Å². The van der Waals surface area contributed by atoms with E-state index in [2.05, 4.69) is 68.6 Å². The first-order valence-corrected chi connectivity index (χ1v) is 15.0. The van der Waals surface area contributed by atoms with E-state index in [1.165, 1.54) is 11.1 Å². The summed E-state index contributed by atoms with van der Waals surface area (Å²) in [6.07, 6.45) is 14.5. The van der Waals surface area contributed by atoms with Crippen LogP contribution >= 0.6 is 0 Å². The Morgan fingerprint density at radius 2 is 1.66 bits per heavy atom. The smallest absolute Gasteiger partial charge is 0.163 e. The van der Waals surface area contributed by atoms with Gasteiger partial charge in [0, 0.05) is 41.6 Å². The lowest BCUT2D eigenvalue weighted by Gasteiger charge is -2.19. The molecular weight excluding hydrogens is 510 g/mol. The lowest BCUT2D eigenvalue weighted by molar-refractivity contribution is -0.0980.